The molecule has 0 radical (unpaired) electrons. The van der Waals surface area contributed by atoms with Crippen molar-refractivity contribution in [3.8, 4) is 11.3 Å². The molecule has 0 amide bonds. The summed E-state index contributed by atoms with van der Waals surface area (Å²) < 4.78 is 18.4. The minimum absolute atomic E-state index is 0.133. The van der Waals surface area contributed by atoms with Crippen LogP contribution in [0.3, 0.4) is 0 Å². The zero-order valence-corrected chi connectivity index (χ0v) is 6.83. The molecule has 1 aromatic heterocycles. The molecule has 0 unspecified atom stereocenters. The number of nitrogens with two attached hydrogens (primary N) is 1. The molecule has 0 atom stereocenters. The van der Waals surface area contributed by atoms with Gasteiger partial charge in [-0.15, -0.1) is 0 Å². The van der Waals surface area contributed by atoms with Gasteiger partial charge in [-0.3, -0.25) is 0 Å². The van der Waals surface area contributed by atoms with Crippen LogP contribution in [0.1, 0.15) is 0 Å². The van der Waals surface area contributed by atoms with E-state index in [0.29, 0.717) is 11.3 Å². The monoisotopic (exact) mass is 177 g/mol. The molecule has 2 nitrogen and oxygen atoms in total. The van der Waals surface area contributed by atoms with Gasteiger partial charge in [-0.05, 0) is 24.3 Å². The Morgan fingerprint density at radius 1 is 1.15 bits per heavy atom. The lowest BCUT2D eigenvalue weighted by atomic mass is 10.1. The van der Waals surface area contributed by atoms with Crippen LogP contribution in [0.4, 0.5) is 10.1 Å². The first-order valence-electron chi connectivity index (χ1n) is 3.87. The van der Waals surface area contributed by atoms with Crippen molar-refractivity contribution in [2.45, 2.75) is 0 Å². The van der Waals surface area contributed by atoms with Crippen molar-refractivity contribution >= 4 is 5.69 Å². The van der Waals surface area contributed by atoms with Crippen molar-refractivity contribution in [1.82, 2.24) is 0 Å². The third kappa shape index (κ3) is 1.28. The predicted octanol–water partition coefficient (Wildman–Crippen LogP) is 2.67. The fraction of sp³-hybridized carbons (Fsp3) is 0. The zero-order valence-electron chi connectivity index (χ0n) is 6.83. The Morgan fingerprint density at radius 2 is 2.00 bits per heavy atom. The highest BCUT2D eigenvalue weighted by molar-refractivity contribution is 5.63. The molecule has 0 fully saturated rings. The van der Waals surface area contributed by atoms with Crippen LogP contribution >= 0.6 is 0 Å². The first-order valence-corrected chi connectivity index (χ1v) is 3.87. The van der Waals surface area contributed by atoms with Gasteiger partial charge in [0.05, 0.1) is 17.5 Å². The Kier molecular flexibility index (Phi) is 1.77. The number of benzene rings is 1. The van der Waals surface area contributed by atoms with Crippen molar-refractivity contribution in [3.63, 3.8) is 0 Å². The van der Waals surface area contributed by atoms with Crippen molar-refractivity contribution in [1.29, 1.82) is 0 Å². The molecule has 0 aliphatic carbocycles. The maximum absolute atomic E-state index is 13.4. The summed E-state index contributed by atoms with van der Waals surface area (Å²) in [5, 5.41) is 0. The second-order valence-corrected chi connectivity index (χ2v) is 2.69. The lowest BCUT2D eigenvalue weighted by molar-refractivity contribution is 0.570. The van der Waals surface area contributed by atoms with Crippen LogP contribution in [0.5, 0.6) is 0 Å². The van der Waals surface area contributed by atoms with Gasteiger partial charge in [0.2, 0.25) is 0 Å². The van der Waals surface area contributed by atoms with Crippen molar-refractivity contribution < 1.29 is 8.81 Å². The molecule has 3 heteroatoms. The van der Waals surface area contributed by atoms with Gasteiger partial charge < -0.3 is 10.2 Å². The van der Waals surface area contributed by atoms with E-state index in [1.165, 1.54) is 12.3 Å². The van der Waals surface area contributed by atoms with E-state index >= 15 is 0 Å². The average molecular weight is 177 g/mol. The van der Waals surface area contributed by atoms with Crippen LogP contribution in [-0.2, 0) is 0 Å². The largest absolute Gasteiger partial charge is 0.464 e. The van der Waals surface area contributed by atoms with Crippen LogP contribution in [0.25, 0.3) is 11.3 Å². The maximum atomic E-state index is 13.4. The number of nitrogen functional groups attached to an aromatic ring is 1. The molecule has 0 spiro atoms. The third-order valence-corrected chi connectivity index (χ3v) is 1.82. The van der Waals surface area contributed by atoms with Gasteiger partial charge >= 0.3 is 0 Å². The highest BCUT2D eigenvalue weighted by atomic mass is 19.1. The highest BCUT2D eigenvalue weighted by Crippen LogP contribution is 2.25. The number of anilines is 1. The Labute approximate surface area is 74.8 Å². The van der Waals surface area contributed by atoms with E-state index in [4.69, 9.17) is 10.2 Å². The van der Waals surface area contributed by atoms with E-state index in [1.807, 2.05) is 0 Å². The lowest BCUT2D eigenvalue weighted by Crippen LogP contribution is -1.91. The molecular formula is C10H8FNO. The molecule has 66 valence electrons. The molecule has 2 N–H and O–H groups in total. The minimum Gasteiger partial charge on any atom is -0.464 e. The molecule has 1 aromatic carbocycles. The molecule has 2 rings (SSSR count). The number of rotatable bonds is 1. The van der Waals surface area contributed by atoms with Gasteiger partial charge in [0.1, 0.15) is 5.76 Å². The normalized spacial score (nSPS) is 10.2. The summed E-state index contributed by atoms with van der Waals surface area (Å²) in [6.07, 6.45) is 1.50. The molecule has 0 saturated carbocycles. The molecule has 0 bridgehead atoms. The van der Waals surface area contributed by atoms with Gasteiger partial charge in [0, 0.05) is 0 Å². The van der Waals surface area contributed by atoms with Crippen LogP contribution in [-0.4, -0.2) is 0 Å². The quantitative estimate of drug-likeness (QED) is 0.680. The van der Waals surface area contributed by atoms with E-state index in [0.717, 1.165) is 0 Å². The van der Waals surface area contributed by atoms with Crippen LogP contribution in [0.15, 0.2) is 41.0 Å². The standard InChI is InChI=1S/C10H8FNO/c11-10-7(3-1-4-8(10)12)9-5-2-6-13-9/h1-6H,12H2. The van der Waals surface area contributed by atoms with Crippen molar-refractivity contribution in [2.75, 3.05) is 5.73 Å². The molecular weight excluding hydrogens is 169 g/mol. The summed E-state index contributed by atoms with van der Waals surface area (Å²) in [6.45, 7) is 0. The summed E-state index contributed by atoms with van der Waals surface area (Å²) in [7, 11) is 0. The van der Waals surface area contributed by atoms with Gasteiger partial charge in [-0.2, -0.15) is 0 Å². The van der Waals surface area contributed by atoms with Gasteiger partial charge in [-0.25, -0.2) is 4.39 Å². The van der Waals surface area contributed by atoms with E-state index in [-0.39, 0.29) is 5.69 Å². The molecule has 0 aliphatic rings. The first kappa shape index (κ1) is 7.86. The Morgan fingerprint density at radius 3 is 2.69 bits per heavy atom. The summed E-state index contributed by atoms with van der Waals surface area (Å²) in [4.78, 5) is 0. The van der Waals surface area contributed by atoms with Crippen LogP contribution < -0.4 is 5.73 Å². The van der Waals surface area contributed by atoms with Crippen molar-refractivity contribution in [3.05, 3.63) is 42.4 Å². The Bertz CT molecular complexity index is 409. The van der Waals surface area contributed by atoms with Crippen LogP contribution in [0, 0.1) is 5.82 Å². The van der Waals surface area contributed by atoms with E-state index < -0.39 is 5.82 Å². The molecule has 13 heavy (non-hydrogen) atoms. The summed E-state index contributed by atoms with van der Waals surface area (Å²) in [6, 6.07) is 8.23. The lowest BCUT2D eigenvalue weighted by Gasteiger charge is -2.01. The molecule has 0 saturated heterocycles. The van der Waals surface area contributed by atoms with Gasteiger partial charge in [0.15, 0.2) is 5.82 Å². The first-order chi connectivity index (χ1) is 6.29. The Balaban J connectivity index is 2.59. The topological polar surface area (TPSA) is 39.2 Å². The highest BCUT2D eigenvalue weighted by Gasteiger charge is 2.08. The number of hydrogen-bond acceptors (Lipinski definition) is 2. The minimum atomic E-state index is -0.433. The second-order valence-electron chi connectivity index (χ2n) is 2.69. The number of halogens is 1. The SMILES string of the molecule is Nc1cccc(-c2ccco2)c1F. The molecule has 2 aromatic rings. The predicted molar refractivity (Wildman–Crippen MR) is 48.5 cm³/mol. The van der Waals surface area contributed by atoms with E-state index in [9.17, 15) is 4.39 Å². The smallest absolute Gasteiger partial charge is 0.157 e. The second kappa shape index (κ2) is 2.94. The van der Waals surface area contributed by atoms with Crippen LogP contribution in [0.2, 0.25) is 0 Å². The summed E-state index contributed by atoms with van der Waals surface area (Å²) >= 11 is 0. The Hall–Kier alpha value is -1.77. The zero-order chi connectivity index (χ0) is 9.26. The van der Waals surface area contributed by atoms with E-state index in [1.54, 1.807) is 24.3 Å². The number of hydrogen-bond donors (Lipinski definition) is 1. The third-order valence-electron chi connectivity index (χ3n) is 1.82. The van der Waals surface area contributed by atoms with Crippen molar-refractivity contribution in [2.24, 2.45) is 0 Å². The number of furan rings is 1. The fourth-order valence-electron chi connectivity index (χ4n) is 1.17. The fourth-order valence-corrected chi connectivity index (χ4v) is 1.17. The average Bonchev–Trinajstić information content (AvgIpc) is 2.62. The molecule has 1 heterocycles. The van der Waals surface area contributed by atoms with Gasteiger partial charge in [-0.1, -0.05) is 6.07 Å². The van der Waals surface area contributed by atoms with E-state index in [2.05, 4.69) is 0 Å². The molecule has 0 aliphatic heterocycles. The summed E-state index contributed by atoms with van der Waals surface area (Å²) in [5.41, 5.74) is 5.94. The summed E-state index contributed by atoms with van der Waals surface area (Å²) in [5.74, 6) is 0.0576. The maximum Gasteiger partial charge on any atom is 0.157 e. The van der Waals surface area contributed by atoms with Gasteiger partial charge in [0.25, 0.3) is 0 Å².